The van der Waals surface area contributed by atoms with Gasteiger partial charge in [0.05, 0.1) is 21.9 Å². The number of anilines is 2. The van der Waals surface area contributed by atoms with Gasteiger partial charge in [-0.15, -0.1) is 9.81 Å². The number of rotatable bonds is 12. The maximum absolute atomic E-state index is 11.0. The second-order valence-electron chi connectivity index (χ2n) is 5.42. The van der Waals surface area contributed by atoms with Gasteiger partial charge < -0.3 is 0 Å². The van der Waals surface area contributed by atoms with Crippen LogP contribution in [0.2, 0.25) is 0 Å². The number of unbranched alkanes of at least 4 members (excludes halogenated alkanes) is 4. The summed E-state index contributed by atoms with van der Waals surface area (Å²) in [4.78, 5) is 22.0. The third-order valence-corrected chi connectivity index (χ3v) is 3.50. The van der Waals surface area contributed by atoms with Gasteiger partial charge in [0.2, 0.25) is 0 Å². The van der Waals surface area contributed by atoms with E-state index >= 15 is 0 Å². The van der Waals surface area contributed by atoms with Gasteiger partial charge in [-0.1, -0.05) is 51.7 Å². The topological polar surface area (TPSA) is 65.3 Å². The zero-order chi connectivity index (χ0) is 17.6. The molecule has 130 valence electrons. The Morgan fingerprint density at radius 1 is 0.792 bits per heavy atom. The summed E-state index contributed by atoms with van der Waals surface area (Å²) < 4.78 is 0. The highest BCUT2D eigenvalue weighted by molar-refractivity contribution is 5.57. The molecule has 0 radical (unpaired) electrons. The Kier molecular flexibility index (Phi) is 9.76. The molecule has 0 heterocycles. The molecule has 0 amide bonds. The monoisotopic (exact) mass is 330 g/mol. The van der Waals surface area contributed by atoms with Crippen molar-refractivity contribution in [2.24, 2.45) is 10.6 Å². The van der Waals surface area contributed by atoms with Crippen LogP contribution in [0.4, 0.5) is 11.4 Å². The van der Waals surface area contributed by atoms with E-state index in [1.807, 2.05) is 12.2 Å². The Bertz CT molecular complexity index is 491. The first-order valence-corrected chi connectivity index (χ1v) is 8.45. The smallest absolute Gasteiger partial charge is 0.0679 e. The van der Waals surface area contributed by atoms with E-state index in [2.05, 4.69) is 24.4 Å². The van der Waals surface area contributed by atoms with E-state index in [1.54, 1.807) is 36.7 Å². The molecule has 0 saturated heterocycles. The van der Waals surface area contributed by atoms with Crippen LogP contribution < -0.4 is 10.0 Å². The SMILES string of the molecule is CCCCC=CN(N=O)c1ccc(N(C=CCCCC)N=O)cc1. The summed E-state index contributed by atoms with van der Waals surface area (Å²) >= 11 is 0. The van der Waals surface area contributed by atoms with Crippen molar-refractivity contribution in [2.75, 3.05) is 10.0 Å². The van der Waals surface area contributed by atoms with Crippen LogP contribution in [0.25, 0.3) is 0 Å². The second kappa shape index (κ2) is 12.0. The Morgan fingerprint density at radius 3 is 1.46 bits per heavy atom. The normalized spacial score (nSPS) is 11.1. The summed E-state index contributed by atoms with van der Waals surface area (Å²) in [6, 6.07) is 6.94. The number of hydrogen-bond donors (Lipinski definition) is 0. The Morgan fingerprint density at radius 2 is 1.17 bits per heavy atom. The first kappa shape index (κ1) is 19.5. The molecule has 24 heavy (non-hydrogen) atoms. The maximum Gasteiger partial charge on any atom is 0.0679 e. The van der Waals surface area contributed by atoms with E-state index in [4.69, 9.17) is 0 Å². The van der Waals surface area contributed by atoms with Crippen LogP contribution in [-0.4, -0.2) is 0 Å². The maximum atomic E-state index is 11.0. The van der Waals surface area contributed by atoms with Crippen molar-refractivity contribution in [3.63, 3.8) is 0 Å². The van der Waals surface area contributed by atoms with Gasteiger partial charge in [0.25, 0.3) is 0 Å². The Labute approximate surface area is 143 Å². The average molecular weight is 330 g/mol. The van der Waals surface area contributed by atoms with Gasteiger partial charge in [-0.25, -0.2) is 10.0 Å². The van der Waals surface area contributed by atoms with Gasteiger partial charge in [0.15, 0.2) is 0 Å². The fourth-order valence-electron chi connectivity index (χ4n) is 2.07. The fraction of sp³-hybridized carbons (Fsp3) is 0.444. The molecule has 0 aliphatic rings. The lowest BCUT2D eigenvalue weighted by molar-refractivity contribution is 0.811. The van der Waals surface area contributed by atoms with Crippen LogP contribution in [0.3, 0.4) is 0 Å². The summed E-state index contributed by atoms with van der Waals surface area (Å²) in [7, 11) is 0. The molecule has 0 fully saturated rings. The van der Waals surface area contributed by atoms with Gasteiger partial charge >= 0.3 is 0 Å². The Balaban J connectivity index is 2.74. The lowest BCUT2D eigenvalue weighted by atomic mass is 10.2. The minimum Gasteiger partial charge on any atom is -0.205 e. The highest BCUT2D eigenvalue weighted by atomic mass is 16.3. The lowest BCUT2D eigenvalue weighted by Gasteiger charge is -2.13. The van der Waals surface area contributed by atoms with Crippen molar-refractivity contribution in [2.45, 2.75) is 52.4 Å². The summed E-state index contributed by atoms with van der Waals surface area (Å²) in [6.07, 6.45) is 13.4. The molecule has 0 spiro atoms. The zero-order valence-corrected chi connectivity index (χ0v) is 14.5. The van der Waals surface area contributed by atoms with Gasteiger partial charge in [-0.05, 0) is 37.1 Å². The standard InChI is InChI=1S/C18H26N4O2/c1-3-5-7-9-15-21(19-23)17-11-13-18(14-12-17)22(20-24)16-10-8-6-4-2/h9-16H,3-8H2,1-2H3. The van der Waals surface area contributed by atoms with Crippen molar-refractivity contribution in [1.29, 1.82) is 0 Å². The van der Waals surface area contributed by atoms with Crippen molar-refractivity contribution in [1.82, 2.24) is 0 Å². The molecule has 0 aliphatic carbocycles. The molecule has 1 aromatic carbocycles. The summed E-state index contributed by atoms with van der Waals surface area (Å²) in [5.41, 5.74) is 1.28. The van der Waals surface area contributed by atoms with Crippen molar-refractivity contribution in [3.05, 3.63) is 58.6 Å². The molecular formula is C18H26N4O2. The van der Waals surface area contributed by atoms with Crippen molar-refractivity contribution < 1.29 is 0 Å². The van der Waals surface area contributed by atoms with Crippen LogP contribution in [0.15, 0.2) is 59.4 Å². The van der Waals surface area contributed by atoms with E-state index in [9.17, 15) is 9.81 Å². The van der Waals surface area contributed by atoms with E-state index in [-0.39, 0.29) is 0 Å². The zero-order valence-electron chi connectivity index (χ0n) is 14.5. The first-order valence-electron chi connectivity index (χ1n) is 8.45. The van der Waals surface area contributed by atoms with Crippen molar-refractivity contribution in [3.8, 4) is 0 Å². The number of benzene rings is 1. The summed E-state index contributed by atoms with van der Waals surface area (Å²) in [6.45, 7) is 4.23. The largest absolute Gasteiger partial charge is 0.205 e. The highest BCUT2D eigenvalue weighted by Crippen LogP contribution is 2.22. The van der Waals surface area contributed by atoms with Crippen LogP contribution in [0, 0.1) is 9.81 Å². The molecule has 0 N–H and O–H groups in total. The fourth-order valence-corrected chi connectivity index (χ4v) is 2.07. The Hall–Kier alpha value is -2.50. The third-order valence-electron chi connectivity index (χ3n) is 3.50. The van der Waals surface area contributed by atoms with E-state index in [0.717, 1.165) is 38.5 Å². The highest BCUT2D eigenvalue weighted by Gasteiger charge is 2.06. The molecule has 6 heteroatoms. The predicted octanol–water partition coefficient (Wildman–Crippen LogP) is 6.07. The van der Waals surface area contributed by atoms with Gasteiger partial charge in [-0.3, -0.25) is 0 Å². The summed E-state index contributed by atoms with van der Waals surface area (Å²) in [5.74, 6) is 0. The number of nitrogens with zero attached hydrogens (tertiary/aromatic N) is 4. The van der Waals surface area contributed by atoms with Gasteiger partial charge in [-0.2, -0.15) is 0 Å². The molecule has 0 aliphatic heterocycles. The number of hydrogen-bond acceptors (Lipinski definition) is 4. The minimum atomic E-state index is 0.641. The molecule has 0 saturated carbocycles. The molecule has 0 atom stereocenters. The first-order chi connectivity index (χ1) is 11.8. The van der Waals surface area contributed by atoms with E-state index in [1.165, 1.54) is 10.0 Å². The predicted molar refractivity (Wildman–Crippen MR) is 100 cm³/mol. The van der Waals surface area contributed by atoms with Crippen LogP contribution in [0.5, 0.6) is 0 Å². The third kappa shape index (κ3) is 6.73. The summed E-state index contributed by atoms with van der Waals surface area (Å²) in [5, 5.41) is 8.55. The second-order valence-corrected chi connectivity index (χ2v) is 5.42. The number of allylic oxidation sites excluding steroid dienone is 2. The molecule has 0 aromatic heterocycles. The van der Waals surface area contributed by atoms with Crippen molar-refractivity contribution >= 4 is 11.4 Å². The molecule has 0 unspecified atom stereocenters. The molecule has 1 rings (SSSR count). The molecule has 6 nitrogen and oxygen atoms in total. The van der Waals surface area contributed by atoms with Crippen LogP contribution in [0.1, 0.15) is 52.4 Å². The molecule has 1 aromatic rings. The van der Waals surface area contributed by atoms with Gasteiger partial charge in [0.1, 0.15) is 0 Å². The number of nitroso groups, excluding NO2 is 2. The van der Waals surface area contributed by atoms with E-state index in [0.29, 0.717) is 11.4 Å². The van der Waals surface area contributed by atoms with Gasteiger partial charge in [0, 0.05) is 12.4 Å². The average Bonchev–Trinajstić information content (AvgIpc) is 2.62. The molecular weight excluding hydrogens is 304 g/mol. The van der Waals surface area contributed by atoms with Crippen LogP contribution in [-0.2, 0) is 0 Å². The molecule has 0 bridgehead atoms. The lowest BCUT2D eigenvalue weighted by Crippen LogP contribution is -2.08. The quantitative estimate of drug-likeness (QED) is 0.265. The van der Waals surface area contributed by atoms with E-state index < -0.39 is 0 Å². The minimum absolute atomic E-state index is 0.641. The van der Waals surface area contributed by atoms with Crippen LogP contribution >= 0.6 is 0 Å².